The summed E-state index contributed by atoms with van der Waals surface area (Å²) < 4.78 is 0. The molecule has 0 atom stereocenters. The summed E-state index contributed by atoms with van der Waals surface area (Å²) in [6.45, 7) is 0. The van der Waals surface area contributed by atoms with Crippen LogP contribution in [0.15, 0.2) is 24.3 Å². The molecule has 1 aromatic heterocycles. The summed E-state index contributed by atoms with van der Waals surface area (Å²) in [6.07, 6.45) is 2.57. The first kappa shape index (κ1) is 7.64. The van der Waals surface area contributed by atoms with Crippen molar-refractivity contribution in [2.75, 3.05) is 0 Å². The molecule has 0 radical (unpaired) electrons. The number of aromatic amines is 1. The topological polar surface area (TPSA) is 39.6 Å². The maximum Gasteiger partial charge on any atom is 0.0998 e. The lowest BCUT2D eigenvalue weighted by Gasteiger charge is -1.89. The van der Waals surface area contributed by atoms with E-state index in [9.17, 15) is 0 Å². The first-order valence-electron chi connectivity index (χ1n) is 4.90. The average molecular weight is 182 g/mol. The predicted octanol–water partition coefficient (Wildman–Crippen LogP) is 2.92. The molecule has 2 heteroatoms. The molecule has 14 heavy (non-hydrogen) atoms. The predicted molar refractivity (Wildman–Crippen MR) is 55.0 cm³/mol. The SMILES string of the molecule is N#Cc1cccc2[nH]c(C3CC3)cc12. The van der Waals surface area contributed by atoms with Crippen LogP contribution in [0.5, 0.6) is 0 Å². The van der Waals surface area contributed by atoms with Gasteiger partial charge in [0.25, 0.3) is 0 Å². The molecule has 1 aliphatic carbocycles. The number of nitrogens with one attached hydrogen (secondary N) is 1. The van der Waals surface area contributed by atoms with Gasteiger partial charge in [0.1, 0.15) is 0 Å². The van der Waals surface area contributed by atoms with Gasteiger partial charge in [0.2, 0.25) is 0 Å². The van der Waals surface area contributed by atoms with Crippen LogP contribution in [0, 0.1) is 11.3 Å². The minimum atomic E-state index is 0.717. The number of nitriles is 1. The normalized spacial score (nSPS) is 15.6. The van der Waals surface area contributed by atoms with Crippen molar-refractivity contribution in [2.45, 2.75) is 18.8 Å². The number of fused-ring (bicyclic) bond motifs is 1. The Bertz CT molecular complexity index is 527. The molecule has 3 rings (SSSR count). The van der Waals surface area contributed by atoms with E-state index in [0.29, 0.717) is 5.92 Å². The number of H-pyrrole nitrogens is 1. The summed E-state index contributed by atoms with van der Waals surface area (Å²) in [7, 11) is 0. The van der Waals surface area contributed by atoms with Gasteiger partial charge in [-0.15, -0.1) is 0 Å². The van der Waals surface area contributed by atoms with E-state index >= 15 is 0 Å². The smallest absolute Gasteiger partial charge is 0.0998 e. The molecule has 2 aromatic rings. The molecule has 0 aliphatic heterocycles. The largest absolute Gasteiger partial charge is 0.358 e. The molecule has 1 aliphatic rings. The number of nitrogens with zero attached hydrogens (tertiary/aromatic N) is 1. The zero-order valence-electron chi connectivity index (χ0n) is 7.75. The van der Waals surface area contributed by atoms with E-state index in [1.54, 1.807) is 0 Å². The van der Waals surface area contributed by atoms with E-state index in [2.05, 4.69) is 17.1 Å². The highest BCUT2D eigenvalue weighted by molar-refractivity contribution is 5.86. The molecule has 0 spiro atoms. The summed E-state index contributed by atoms with van der Waals surface area (Å²) in [5.41, 5.74) is 3.15. The van der Waals surface area contributed by atoms with Crippen molar-refractivity contribution in [2.24, 2.45) is 0 Å². The molecular formula is C12H10N2. The van der Waals surface area contributed by atoms with Gasteiger partial charge in [-0.25, -0.2) is 0 Å². The summed E-state index contributed by atoms with van der Waals surface area (Å²) in [5.74, 6) is 0.717. The lowest BCUT2D eigenvalue weighted by atomic mass is 10.1. The van der Waals surface area contributed by atoms with Crippen LogP contribution in [-0.2, 0) is 0 Å². The quantitative estimate of drug-likeness (QED) is 0.723. The van der Waals surface area contributed by atoms with E-state index in [1.807, 2.05) is 18.2 Å². The molecule has 1 saturated carbocycles. The fourth-order valence-corrected chi connectivity index (χ4v) is 1.89. The van der Waals surface area contributed by atoms with Crippen LogP contribution >= 0.6 is 0 Å². The van der Waals surface area contributed by atoms with E-state index in [1.165, 1.54) is 18.5 Å². The van der Waals surface area contributed by atoms with Gasteiger partial charge in [-0.05, 0) is 37.0 Å². The monoisotopic (exact) mass is 182 g/mol. The van der Waals surface area contributed by atoms with Crippen LogP contribution in [0.1, 0.15) is 30.0 Å². The van der Waals surface area contributed by atoms with Crippen LogP contribution in [0.25, 0.3) is 10.9 Å². The molecule has 2 nitrogen and oxygen atoms in total. The van der Waals surface area contributed by atoms with Gasteiger partial charge in [0, 0.05) is 16.6 Å². The molecule has 1 aromatic carbocycles. The molecule has 68 valence electrons. The lowest BCUT2D eigenvalue weighted by molar-refractivity contribution is 1.06. The van der Waals surface area contributed by atoms with Crippen molar-refractivity contribution in [3.63, 3.8) is 0 Å². The Morgan fingerprint density at radius 2 is 2.21 bits per heavy atom. The van der Waals surface area contributed by atoms with Crippen molar-refractivity contribution in [1.29, 1.82) is 5.26 Å². The second-order valence-corrected chi connectivity index (χ2v) is 3.88. The van der Waals surface area contributed by atoms with Crippen molar-refractivity contribution < 1.29 is 0 Å². The van der Waals surface area contributed by atoms with E-state index in [-0.39, 0.29) is 0 Å². The highest BCUT2D eigenvalue weighted by atomic mass is 14.7. The molecule has 0 unspecified atom stereocenters. The molecule has 0 amide bonds. The van der Waals surface area contributed by atoms with Gasteiger partial charge < -0.3 is 4.98 Å². The minimum Gasteiger partial charge on any atom is -0.358 e. The first-order valence-corrected chi connectivity index (χ1v) is 4.90. The highest BCUT2D eigenvalue weighted by Gasteiger charge is 2.25. The Balaban J connectivity index is 2.27. The molecule has 1 N–H and O–H groups in total. The third-order valence-electron chi connectivity index (χ3n) is 2.82. The second-order valence-electron chi connectivity index (χ2n) is 3.88. The zero-order valence-corrected chi connectivity index (χ0v) is 7.75. The molecule has 0 saturated heterocycles. The summed E-state index contributed by atoms with van der Waals surface area (Å²) in [5, 5.41) is 10.0. The molecular weight excluding hydrogens is 172 g/mol. The third kappa shape index (κ3) is 1.03. The van der Waals surface area contributed by atoms with Crippen molar-refractivity contribution >= 4 is 10.9 Å². The maximum atomic E-state index is 8.94. The Morgan fingerprint density at radius 3 is 2.93 bits per heavy atom. The van der Waals surface area contributed by atoms with E-state index in [0.717, 1.165) is 16.5 Å². The van der Waals surface area contributed by atoms with Crippen LogP contribution in [-0.4, -0.2) is 4.98 Å². The Labute approximate surface area is 82.2 Å². The number of hydrogen-bond acceptors (Lipinski definition) is 1. The van der Waals surface area contributed by atoms with Gasteiger partial charge in [0.05, 0.1) is 11.6 Å². The first-order chi connectivity index (χ1) is 6.88. The van der Waals surface area contributed by atoms with Crippen molar-refractivity contribution in [1.82, 2.24) is 4.98 Å². The van der Waals surface area contributed by atoms with Crippen LogP contribution in [0.3, 0.4) is 0 Å². The molecule has 1 fully saturated rings. The summed E-state index contributed by atoms with van der Waals surface area (Å²) in [4.78, 5) is 3.38. The van der Waals surface area contributed by atoms with Gasteiger partial charge in [-0.3, -0.25) is 0 Å². The van der Waals surface area contributed by atoms with Crippen LogP contribution < -0.4 is 0 Å². The number of rotatable bonds is 1. The van der Waals surface area contributed by atoms with Crippen LogP contribution in [0.4, 0.5) is 0 Å². The second kappa shape index (κ2) is 2.62. The average Bonchev–Trinajstić information content (AvgIpc) is 2.97. The van der Waals surface area contributed by atoms with Gasteiger partial charge >= 0.3 is 0 Å². The van der Waals surface area contributed by atoms with Gasteiger partial charge in [-0.2, -0.15) is 5.26 Å². The third-order valence-corrected chi connectivity index (χ3v) is 2.82. The Hall–Kier alpha value is -1.75. The lowest BCUT2D eigenvalue weighted by Crippen LogP contribution is -1.75. The minimum absolute atomic E-state index is 0.717. The van der Waals surface area contributed by atoms with Crippen molar-refractivity contribution in [3.05, 3.63) is 35.5 Å². The molecule has 0 bridgehead atoms. The molecule has 1 heterocycles. The van der Waals surface area contributed by atoms with Crippen LogP contribution in [0.2, 0.25) is 0 Å². The van der Waals surface area contributed by atoms with E-state index < -0.39 is 0 Å². The number of benzene rings is 1. The fraction of sp³-hybridized carbons (Fsp3) is 0.250. The van der Waals surface area contributed by atoms with Gasteiger partial charge in [-0.1, -0.05) is 6.07 Å². The van der Waals surface area contributed by atoms with E-state index in [4.69, 9.17) is 5.26 Å². The summed E-state index contributed by atoms with van der Waals surface area (Å²) in [6, 6.07) is 10.2. The highest BCUT2D eigenvalue weighted by Crippen LogP contribution is 2.40. The van der Waals surface area contributed by atoms with Crippen molar-refractivity contribution in [3.8, 4) is 6.07 Å². The maximum absolute atomic E-state index is 8.94. The number of aromatic nitrogens is 1. The number of hydrogen-bond donors (Lipinski definition) is 1. The fourth-order valence-electron chi connectivity index (χ4n) is 1.89. The zero-order chi connectivity index (χ0) is 9.54. The van der Waals surface area contributed by atoms with Gasteiger partial charge in [0.15, 0.2) is 0 Å². The Kier molecular flexibility index (Phi) is 1.43. The Morgan fingerprint density at radius 1 is 1.36 bits per heavy atom. The standard InChI is InChI=1S/C12H10N2/c13-7-9-2-1-3-11-10(9)6-12(14-11)8-4-5-8/h1-3,6,8,14H,4-5H2. The summed E-state index contributed by atoms with van der Waals surface area (Å²) >= 11 is 0.